The molecule has 20 heavy (non-hydrogen) atoms. The molecule has 0 aromatic carbocycles. The first-order chi connectivity index (χ1) is 9.60. The summed E-state index contributed by atoms with van der Waals surface area (Å²) in [6, 6.07) is 7.92. The fourth-order valence-electron chi connectivity index (χ4n) is 1.89. The fraction of sp³-hybridized carbons (Fsp3) is 0.400. The van der Waals surface area contributed by atoms with E-state index in [-0.39, 0.29) is 0 Å². The quantitative estimate of drug-likeness (QED) is 0.780. The maximum Gasteiger partial charge on any atom is 0.134 e. The van der Waals surface area contributed by atoms with E-state index in [2.05, 4.69) is 56.6 Å². The van der Waals surface area contributed by atoms with Crippen molar-refractivity contribution in [2.45, 2.75) is 33.2 Å². The second kappa shape index (κ2) is 6.79. The van der Waals surface area contributed by atoms with Gasteiger partial charge < -0.3 is 4.90 Å². The molecule has 0 aliphatic carbocycles. The molecular weight excluding hydrogens is 316 g/mol. The second-order valence-electron chi connectivity index (χ2n) is 4.90. The lowest BCUT2D eigenvalue weighted by Crippen LogP contribution is -2.24. The van der Waals surface area contributed by atoms with E-state index in [1.807, 2.05) is 30.5 Å². The van der Waals surface area contributed by atoms with Crippen LogP contribution in [0.3, 0.4) is 0 Å². The highest BCUT2D eigenvalue weighted by Crippen LogP contribution is 2.21. The van der Waals surface area contributed by atoms with E-state index in [1.165, 1.54) is 0 Å². The Bertz CT molecular complexity index is 557. The Hall–Kier alpha value is -1.49. The van der Waals surface area contributed by atoms with Crippen LogP contribution in [-0.4, -0.2) is 21.5 Å². The van der Waals surface area contributed by atoms with Gasteiger partial charge in [-0.3, -0.25) is 4.98 Å². The van der Waals surface area contributed by atoms with Crippen molar-refractivity contribution < 1.29 is 0 Å². The van der Waals surface area contributed by atoms with Crippen molar-refractivity contribution in [2.75, 3.05) is 11.4 Å². The van der Waals surface area contributed by atoms with Crippen molar-refractivity contribution >= 4 is 21.7 Å². The Morgan fingerprint density at radius 2 is 2.05 bits per heavy atom. The van der Waals surface area contributed by atoms with E-state index in [9.17, 15) is 0 Å². The lowest BCUT2D eigenvalue weighted by molar-refractivity contribution is 0.738. The third kappa shape index (κ3) is 3.76. The summed E-state index contributed by atoms with van der Waals surface area (Å²) in [5, 5.41) is 0. The summed E-state index contributed by atoms with van der Waals surface area (Å²) < 4.78 is 0.825. The third-order valence-electron chi connectivity index (χ3n) is 3.00. The monoisotopic (exact) mass is 334 g/mol. The molecule has 0 radical (unpaired) electrons. The highest BCUT2D eigenvalue weighted by atomic mass is 79.9. The van der Waals surface area contributed by atoms with Gasteiger partial charge in [0, 0.05) is 24.7 Å². The Morgan fingerprint density at radius 1 is 1.25 bits per heavy atom. The molecule has 0 unspecified atom stereocenters. The van der Waals surface area contributed by atoms with Crippen molar-refractivity contribution in [1.82, 2.24) is 15.0 Å². The molecule has 0 aliphatic heterocycles. The summed E-state index contributed by atoms with van der Waals surface area (Å²) in [4.78, 5) is 15.6. The van der Waals surface area contributed by atoms with Crippen molar-refractivity contribution in [3.05, 3.63) is 46.6 Å². The molecule has 0 saturated carbocycles. The van der Waals surface area contributed by atoms with Crippen molar-refractivity contribution in [3.63, 3.8) is 0 Å². The summed E-state index contributed by atoms with van der Waals surface area (Å²) in [6.45, 7) is 7.94. The molecule has 0 atom stereocenters. The van der Waals surface area contributed by atoms with Crippen LogP contribution in [0.25, 0.3) is 0 Å². The lowest BCUT2D eigenvalue weighted by Gasteiger charge is -2.22. The number of hydrogen-bond donors (Lipinski definition) is 0. The molecule has 2 heterocycles. The van der Waals surface area contributed by atoms with Gasteiger partial charge in [0.25, 0.3) is 0 Å². The first-order valence-corrected chi connectivity index (χ1v) is 7.58. The summed E-state index contributed by atoms with van der Waals surface area (Å²) in [6.07, 6.45) is 1.82. The minimum absolute atomic E-state index is 0.305. The summed E-state index contributed by atoms with van der Waals surface area (Å²) in [5.41, 5.74) is 1.04. The Kier molecular flexibility index (Phi) is 5.06. The first-order valence-electron chi connectivity index (χ1n) is 6.79. The molecular formula is C15H19BrN4. The van der Waals surface area contributed by atoms with Gasteiger partial charge >= 0.3 is 0 Å². The Morgan fingerprint density at radius 3 is 2.65 bits per heavy atom. The van der Waals surface area contributed by atoms with Crippen molar-refractivity contribution in [3.8, 4) is 0 Å². The van der Waals surface area contributed by atoms with E-state index in [0.717, 1.165) is 35.0 Å². The van der Waals surface area contributed by atoms with E-state index in [0.29, 0.717) is 5.92 Å². The molecule has 4 nitrogen and oxygen atoms in total. The van der Waals surface area contributed by atoms with Crippen LogP contribution in [0.4, 0.5) is 5.82 Å². The second-order valence-corrected chi connectivity index (χ2v) is 5.71. The predicted octanol–water partition coefficient (Wildman–Crippen LogP) is 3.78. The van der Waals surface area contributed by atoms with Crippen LogP contribution in [-0.2, 0) is 6.54 Å². The SMILES string of the molecule is CCN(Cc1ccccn1)c1cc(Br)nc(C(C)C)n1. The van der Waals surface area contributed by atoms with Gasteiger partial charge in [0.2, 0.25) is 0 Å². The smallest absolute Gasteiger partial charge is 0.134 e. The van der Waals surface area contributed by atoms with Gasteiger partial charge in [0.05, 0.1) is 12.2 Å². The van der Waals surface area contributed by atoms with Crippen molar-refractivity contribution in [1.29, 1.82) is 0 Å². The molecule has 2 aromatic heterocycles. The van der Waals surface area contributed by atoms with Crippen molar-refractivity contribution in [2.24, 2.45) is 0 Å². The Labute approximate surface area is 128 Å². The largest absolute Gasteiger partial charge is 0.351 e. The lowest BCUT2D eigenvalue weighted by atomic mass is 10.2. The molecule has 2 aromatic rings. The summed E-state index contributed by atoms with van der Waals surface area (Å²) in [5.74, 6) is 2.09. The highest BCUT2D eigenvalue weighted by molar-refractivity contribution is 9.10. The zero-order valence-electron chi connectivity index (χ0n) is 12.0. The third-order valence-corrected chi connectivity index (χ3v) is 3.41. The maximum atomic E-state index is 4.66. The maximum absolute atomic E-state index is 4.66. The van der Waals surface area contributed by atoms with Gasteiger partial charge in [-0.25, -0.2) is 9.97 Å². The Balaban J connectivity index is 2.27. The fourth-order valence-corrected chi connectivity index (χ4v) is 2.27. The van der Waals surface area contributed by atoms with Crippen LogP contribution in [0.5, 0.6) is 0 Å². The average Bonchev–Trinajstić information content (AvgIpc) is 2.45. The van der Waals surface area contributed by atoms with Gasteiger partial charge in [-0.2, -0.15) is 0 Å². The molecule has 0 spiro atoms. The zero-order valence-corrected chi connectivity index (χ0v) is 13.6. The number of aromatic nitrogens is 3. The summed E-state index contributed by atoms with van der Waals surface area (Å²) >= 11 is 3.47. The number of anilines is 1. The molecule has 0 saturated heterocycles. The van der Waals surface area contributed by atoms with Crippen LogP contribution in [0.1, 0.15) is 38.2 Å². The number of rotatable bonds is 5. The number of halogens is 1. The van der Waals surface area contributed by atoms with Gasteiger partial charge in [0.1, 0.15) is 16.2 Å². The van der Waals surface area contributed by atoms with Crippen LogP contribution in [0.15, 0.2) is 35.1 Å². The molecule has 0 N–H and O–H groups in total. The van der Waals surface area contributed by atoms with Crippen LogP contribution in [0, 0.1) is 0 Å². The standard InChI is InChI=1S/C15H19BrN4/c1-4-20(10-12-7-5-6-8-17-12)14-9-13(16)18-15(19-14)11(2)3/h5-9,11H,4,10H2,1-3H3. The van der Waals surface area contributed by atoms with E-state index in [4.69, 9.17) is 0 Å². The predicted molar refractivity (Wildman–Crippen MR) is 84.8 cm³/mol. The minimum Gasteiger partial charge on any atom is -0.351 e. The van der Waals surface area contributed by atoms with E-state index >= 15 is 0 Å². The van der Waals surface area contributed by atoms with Crippen LogP contribution >= 0.6 is 15.9 Å². The average molecular weight is 335 g/mol. The van der Waals surface area contributed by atoms with Gasteiger partial charge in [-0.15, -0.1) is 0 Å². The van der Waals surface area contributed by atoms with Gasteiger partial charge in [-0.1, -0.05) is 19.9 Å². The number of pyridine rings is 1. The number of hydrogen-bond acceptors (Lipinski definition) is 4. The molecule has 106 valence electrons. The molecule has 0 fully saturated rings. The topological polar surface area (TPSA) is 41.9 Å². The highest BCUT2D eigenvalue weighted by Gasteiger charge is 2.12. The molecule has 0 bridgehead atoms. The van der Waals surface area contributed by atoms with Crippen LogP contribution in [0.2, 0.25) is 0 Å². The van der Waals surface area contributed by atoms with E-state index in [1.54, 1.807) is 0 Å². The molecule has 5 heteroatoms. The van der Waals surface area contributed by atoms with Gasteiger partial charge in [0.15, 0.2) is 0 Å². The summed E-state index contributed by atoms with van der Waals surface area (Å²) in [7, 11) is 0. The normalized spacial score (nSPS) is 10.8. The molecule has 0 aliphatic rings. The first kappa shape index (κ1) is 14.9. The minimum atomic E-state index is 0.305. The molecule has 2 rings (SSSR count). The van der Waals surface area contributed by atoms with E-state index < -0.39 is 0 Å². The molecule has 0 amide bonds. The van der Waals surface area contributed by atoms with Crippen LogP contribution < -0.4 is 4.90 Å². The zero-order chi connectivity index (χ0) is 14.5. The number of nitrogens with zero attached hydrogens (tertiary/aromatic N) is 4. The van der Waals surface area contributed by atoms with Gasteiger partial charge in [-0.05, 0) is 35.0 Å².